The molecule has 0 aliphatic rings. The molecule has 2 aromatic heterocycles. The maximum atomic E-state index is 15.1. The summed E-state index contributed by atoms with van der Waals surface area (Å²) in [6.45, 7) is 9.65. The number of halogens is 1. The maximum absolute atomic E-state index is 15.1. The van der Waals surface area contributed by atoms with Crippen LogP contribution in [0.4, 0.5) is 16.0 Å². The summed E-state index contributed by atoms with van der Waals surface area (Å²) < 4.78 is 17.1. The lowest BCUT2D eigenvalue weighted by molar-refractivity contribution is 0.563. The van der Waals surface area contributed by atoms with Crippen molar-refractivity contribution in [1.29, 1.82) is 0 Å². The fourth-order valence-electron chi connectivity index (χ4n) is 3.35. The molecule has 0 atom stereocenters. The van der Waals surface area contributed by atoms with Gasteiger partial charge in [0, 0.05) is 20.1 Å². The summed E-state index contributed by atoms with van der Waals surface area (Å²) in [5.74, 6) is -0.00227. The van der Waals surface area contributed by atoms with E-state index in [9.17, 15) is 0 Å². The van der Waals surface area contributed by atoms with Crippen molar-refractivity contribution in [2.45, 2.75) is 46.3 Å². The summed E-state index contributed by atoms with van der Waals surface area (Å²) in [7, 11) is 1.83. The zero-order chi connectivity index (χ0) is 21.5. The van der Waals surface area contributed by atoms with Gasteiger partial charge in [-0.2, -0.15) is 9.49 Å². The third-order valence-electron chi connectivity index (χ3n) is 4.82. The van der Waals surface area contributed by atoms with Crippen molar-refractivity contribution in [3.8, 4) is 0 Å². The molecule has 7 heteroatoms. The van der Waals surface area contributed by atoms with E-state index in [0.29, 0.717) is 13.1 Å². The van der Waals surface area contributed by atoms with Crippen molar-refractivity contribution in [2.75, 3.05) is 17.3 Å². The first kappa shape index (κ1) is 21.5. The minimum Gasteiger partial charge on any atom is -0.363 e. The second-order valence-corrected chi connectivity index (χ2v) is 7.38. The molecule has 0 bridgehead atoms. The number of hydrogen-bond donors (Lipinski definition) is 1. The Balaban J connectivity index is 1.70. The van der Waals surface area contributed by atoms with Crippen LogP contribution in [0.25, 0.3) is 0 Å². The van der Waals surface area contributed by atoms with E-state index in [1.807, 2.05) is 42.9 Å². The van der Waals surface area contributed by atoms with Crippen molar-refractivity contribution in [1.82, 2.24) is 19.7 Å². The molecule has 0 spiro atoms. The van der Waals surface area contributed by atoms with Gasteiger partial charge in [0.2, 0.25) is 5.82 Å². The zero-order valence-corrected chi connectivity index (χ0v) is 17.9. The van der Waals surface area contributed by atoms with Crippen LogP contribution in [0.1, 0.15) is 35.9 Å². The molecule has 6 nitrogen and oxygen atoms in total. The Hall–Kier alpha value is -3.22. The van der Waals surface area contributed by atoms with Crippen LogP contribution in [-0.4, -0.2) is 26.8 Å². The zero-order valence-electron chi connectivity index (χ0n) is 17.9. The molecular formula is C23H29FN6. The number of nitrogens with zero attached hydrogens (tertiary/aromatic N) is 5. The summed E-state index contributed by atoms with van der Waals surface area (Å²) >= 11 is 0. The van der Waals surface area contributed by atoms with E-state index in [0.717, 1.165) is 36.3 Å². The Morgan fingerprint density at radius 1 is 1.20 bits per heavy atom. The van der Waals surface area contributed by atoms with Gasteiger partial charge in [0.05, 0.1) is 17.9 Å². The second-order valence-electron chi connectivity index (χ2n) is 7.38. The van der Waals surface area contributed by atoms with Gasteiger partial charge >= 0.3 is 0 Å². The first-order chi connectivity index (χ1) is 14.5. The predicted octanol–water partition coefficient (Wildman–Crippen LogP) is 4.51. The van der Waals surface area contributed by atoms with Gasteiger partial charge in [-0.05, 0) is 37.0 Å². The van der Waals surface area contributed by atoms with Gasteiger partial charge in [-0.1, -0.05) is 37.3 Å². The molecule has 0 unspecified atom stereocenters. The Morgan fingerprint density at radius 2 is 1.93 bits per heavy atom. The fraction of sp³-hybridized carbons (Fsp3) is 0.348. The molecule has 1 N–H and O–H groups in total. The van der Waals surface area contributed by atoms with Gasteiger partial charge in [-0.25, -0.2) is 9.97 Å². The molecule has 158 valence electrons. The van der Waals surface area contributed by atoms with Crippen LogP contribution in [0.15, 0.2) is 49.3 Å². The monoisotopic (exact) mass is 408 g/mol. The molecule has 0 aliphatic heterocycles. The van der Waals surface area contributed by atoms with Gasteiger partial charge in [0.1, 0.15) is 6.33 Å². The van der Waals surface area contributed by atoms with Crippen LogP contribution < -0.4 is 10.2 Å². The number of aryl methyl sites for hydroxylation is 2. The van der Waals surface area contributed by atoms with E-state index in [-0.39, 0.29) is 11.6 Å². The van der Waals surface area contributed by atoms with Gasteiger partial charge in [0.15, 0.2) is 11.6 Å². The molecule has 0 saturated heterocycles. The molecule has 30 heavy (non-hydrogen) atoms. The quantitative estimate of drug-likeness (QED) is 0.500. The van der Waals surface area contributed by atoms with E-state index >= 15 is 4.39 Å². The van der Waals surface area contributed by atoms with Crippen LogP contribution in [0.5, 0.6) is 0 Å². The average Bonchev–Trinajstić information content (AvgIpc) is 3.07. The van der Waals surface area contributed by atoms with Crippen molar-refractivity contribution in [3.63, 3.8) is 0 Å². The van der Waals surface area contributed by atoms with Crippen LogP contribution in [-0.2, 0) is 26.1 Å². The molecule has 0 radical (unpaired) electrons. The van der Waals surface area contributed by atoms with Gasteiger partial charge in [-0.15, -0.1) is 6.58 Å². The third-order valence-corrected chi connectivity index (χ3v) is 4.82. The summed E-state index contributed by atoms with van der Waals surface area (Å²) in [6.07, 6.45) is 5.08. The minimum absolute atomic E-state index is 0.195. The first-order valence-electron chi connectivity index (χ1n) is 10.2. The highest BCUT2D eigenvalue weighted by atomic mass is 19.1. The summed E-state index contributed by atoms with van der Waals surface area (Å²) in [4.78, 5) is 10.0. The summed E-state index contributed by atoms with van der Waals surface area (Å²) in [6, 6.07) is 10.2. The lowest BCUT2D eigenvalue weighted by Gasteiger charge is -2.20. The molecule has 3 aromatic rings. The maximum Gasteiger partial charge on any atom is 0.207 e. The number of allylic oxidation sites excluding steroid dienone is 1. The minimum atomic E-state index is -0.457. The van der Waals surface area contributed by atoms with Crippen LogP contribution in [0, 0.1) is 12.7 Å². The van der Waals surface area contributed by atoms with E-state index < -0.39 is 5.82 Å². The predicted molar refractivity (Wildman–Crippen MR) is 119 cm³/mol. The van der Waals surface area contributed by atoms with Crippen molar-refractivity contribution in [2.24, 2.45) is 0 Å². The molecular weight excluding hydrogens is 379 g/mol. The number of rotatable bonds is 10. The number of anilines is 2. The first-order valence-corrected chi connectivity index (χ1v) is 10.2. The van der Waals surface area contributed by atoms with Crippen molar-refractivity contribution < 1.29 is 4.39 Å². The van der Waals surface area contributed by atoms with E-state index in [1.165, 1.54) is 11.9 Å². The van der Waals surface area contributed by atoms with Crippen LogP contribution in [0.2, 0.25) is 0 Å². The van der Waals surface area contributed by atoms with Gasteiger partial charge in [-0.3, -0.25) is 4.68 Å². The Bertz CT molecular complexity index is 980. The Kier molecular flexibility index (Phi) is 7.17. The summed E-state index contributed by atoms with van der Waals surface area (Å²) in [5.41, 5.74) is 4.23. The van der Waals surface area contributed by atoms with E-state index in [2.05, 4.69) is 46.0 Å². The van der Waals surface area contributed by atoms with Crippen LogP contribution >= 0.6 is 0 Å². The Morgan fingerprint density at radius 3 is 2.63 bits per heavy atom. The second kappa shape index (κ2) is 10.0. The number of hydrogen-bond acceptors (Lipinski definition) is 5. The highest BCUT2D eigenvalue weighted by molar-refractivity contribution is 5.50. The van der Waals surface area contributed by atoms with Gasteiger partial charge in [0.25, 0.3) is 0 Å². The smallest absolute Gasteiger partial charge is 0.207 e. The lowest BCUT2D eigenvalue weighted by atomic mass is 10.1. The Labute approximate surface area is 177 Å². The molecule has 2 heterocycles. The number of aromatic nitrogens is 4. The van der Waals surface area contributed by atoms with Crippen molar-refractivity contribution in [3.05, 3.63) is 77.6 Å². The normalized spacial score (nSPS) is 10.8. The van der Waals surface area contributed by atoms with Gasteiger partial charge < -0.3 is 10.2 Å². The fourth-order valence-corrected chi connectivity index (χ4v) is 3.35. The standard InChI is InChI=1S/C23H29FN6/c1-5-7-18-8-10-19(11-9-18)14-25-22-21(24)23(27-16-26-22)29(4)15-20-13-17(3)28-30(20)12-6-2/h5,8-11,13,16H,1,6-7,12,14-15H2,2-4H3,(H,25,26,27). The van der Waals surface area contributed by atoms with Crippen molar-refractivity contribution >= 4 is 11.6 Å². The van der Waals surface area contributed by atoms with Crippen LogP contribution in [0.3, 0.4) is 0 Å². The topological polar surface area (TPSA) is 58.9 Å². The highest BCUT2D eigenvalue weighted by Crippen LogP contribution is 2.22. The molecule has 1 aromatic carbocycles. The lowest BCUT2D eigenvalue weighted by Crippen LogP contribution is -2.22. The van der Waals surface area contributed by atoms with E-state index in [1.54, 1.807) is 4.90 Å². The average molecular weight is 409 g/mol. The molecule has 0 fully saturated rings. The number of nitrogens with one attached hydrogen (secondary N) is 1. The van der Waals surface area contributed by atoms with E-state index in [4.69, 9.17) is 0 Å². The largest absolute Gasteiger partial charge is 0.363 e. The summed E-state index contributed by atoms with van der Waals surface area (Å²) in [5, 5.41) is 7.60. The molecule has 0 aliphatic carbocycles. The molecule has 0 saturated carbocycles. The molecule has 3 rings (SSSR count). The number of benzene rings is 1. The SMILES string of the molecule is C=CCc1ccc(CNc2ncnc(N(C)Cc3cc(C)nn3CCC)c2F)cc1. The third kappa shape index (κ3) is 5.23. The molecule has 0 amide bonds. The highest BCUT2D eigenvalue weighted by Gasteiger charge is 2.17.